The molecule has 0 atom stereocenters. The zero-order valence-corrected chi connectivity index (χ0v) is 14.9. The molecule has 0 aliphatic carbocycles. The summed E-state index contributed by atoms with van der Waals surface area (Å²) in [5.41, 5.74) is 5.03. The highest BCUT2D eigenvalue weighted by Crippen LogP contribution is 2.52. The standard InChI is InChI=1S/C24H15N3O/c25-16-19-17(9-7-15-26-19)18-8-1-2-10-20(18)27-21-11-3-5-13-23(21)28-24-14-6-4-12-22(24)27/h1-15H. The number of para-hydroxylation sites is 5. The molecule has 1 aromatic heterocycles. The van der Waals surface area contributed by atoms with Gasteiger partial charge in [0.15, 0.2) is 11.5 Å². The monoisotopic (exact) mass is 361 g/mol. The van der Waals surface area contributed by atoms with Crippen molar-refractivity contribution in [3.05, 3.63) is 96.8 Å². The molecular formula is C24H15N3O. The number of benzene rings is 3. The minimum Gasteiger partial charge on any atom is -0.453 e. The Labute approximate surface area is 162 Å². The normalized spacial score (nSPS) is 11.8. The van der Waals surface area contributed by atoms with Crippen molar-refractivity contribution in [1.29, 1.82) is 5.26 Å². The van der Waals surface area contributed by atoms with Gasteiger partial charge in [0.05, 0.1) is 17.1 Å². The van der Waals surface area contributed by atoms with Crippen molar-refractivity contribution in [2.24, 2.45) is 0 Å². The Bertz CT molecular complexity index is 1180. The van der Waals surface area contributed by atoms with Crippen LogP contribution in [-0.2, 0) is 0 Å². The SMILES string of the molecule is N#Cc1ncccc1-c1ccccc1N1c2ccccc2Oc2ccccc21. The second-order valence-corrected chi connectivity index (χ2v) is 6.40. The van der Waals surface area contributed by atoms with Gasteiger partial charge in [0.1, 0.15) is 11.8 Å². The minimum absolute atomic E-state index is 0.407. The van der Waals surface area contributed by atoms with Gasteiger partial charge in [-0.3, -0.25) is 0 Å². The molecule has 0 N–H and O–H groups in total. The number of aromatic nitrogens is 1. The van der Waals surface area contributed by atoms with Gasteiger partial charge >= 0.3 is 0 Å². The first kappa shape index (κ1) is 16.1. The Morgan fingerprint density at radius 3 is 1.93 bits per heavy atom. The molecule has 2 heterocycles. The fourth-order valence-corrected chi connectivity index (χ4v) is 3.57. The third kappa shape index (κ3) is 2.50. The van der Waals surface area contributed by atoms with E-state index in [2.05, 4.69) is 22.0 Å². The van der Waals surface area contributed by atoms with Crippen molar-refractivity contribution in [2.45, 2.75) is 0 Å². The van der Waals surface area contributed by atoms with Gasteiger partial charge in [0.25, 0.3) is 0 Å². The second kappa shape index (κ2) is 6.57. The van der Waals surface area contributed by atoms with E-state index in [9.17, 15) is 5.26 Å². The first-order valence-corrected chi connectivity index (χ1v) is 8.97. The molecular weight excluding hydrogens is 346 g/mol. The maximum Gasteiger partial charge on any atom is 0.151 e. The lowest BCUT2D eigenvalue weighted by Gasteiger charge is -2.34. The number of anilines is 3. The second-order valence-electron chi connectivity index (χ2n) is 6.40. The van der Waals surface area contributed by atoms with E-state index in [4.69, 9.17) is 4.74 Å². The molecule has 0 unspecified atom stereocenters. The number of ether oxygens (including phenoxy) is 1. The van der Waals surface area contributed by atoms with Crippen LogP contribution in [0.1, 0.15) is 5.69 Å². The molecule has 132 valence electrons. The van der Waals surface area contributed by atoms with Crippen LogP contribution in [0.4, 0.5) is 17.1 Å². The van der Waals surface area contributed by atoms with Crippen LogP contribution in [0.25, 0.3) is 11.1 Å². The van der Waals surface area contributed by atoms with Crippen LogP contribution in [-0.4, -0.2) is 4.98 Å². The van der Waals surface area contributed by atoms with Gasteiger partial charge in [-0.15, -0.1) is 0 Å². The topological polar surface area (TPSA) is 49.2 Å². The van der Waals surface area contributed by atoms with Gasteiger partial charge < -0.3 is 9.64 Å². The van der Waals surface area contributed by atoms with E-state index in [1.165, 1.54) is 0 Å². The van der Waals surface area contributed by atoms with Gasteiger partial charge in [-0.2, -0.15) is 5.26 Å². The number of nitrogens with zero attached hydrogens (tertiary/aromatic N) is 3. The van der Waals surface area contributed by atoms with E-state index in [1.807, 2.05) is 78.9 Å². The lowest BCUT2D eigenvalue weighted by molar-refractivity contribution is 0.477. The highest BCUT2D eigenvalue weighted by atomic mass is 16.5. The van der Waals surface area contributed by atoms with Gasteiger partial charge in [0, 0.05) is 17.3 Å². The summed E-state index contributed by atoms with van der Waals surface area (Å²) in [6.45, 7) is 0. The Morgan fingerprint density at radius 1 is 0.679 bits per heavy atom. The largest absolute Gasteiger partial charge is 0.453 e. The van der Waals surface area contributed by atoms with Crippen molar-refractivity contribution in [3.63, 3.8) is 0 Å². The van der Waals surface area contributed by atoms with Gasteiger partial charge in [-0.05, 0) is 42.5 Å². The number of nitriles is 1. The van der Waals surface area contributed by atoms with Crippen molar-refractivity contribution in [3.8, 4) is 28.7 Å². The molecule has 0 fully saturated rings. The van der Waals surface area contributed by atoms with Crippen LogP contribution >= 0.6 is 0 Å². The fourth-order valence-electron chi connectivity index (χ4n) is 3.57. The predicted octanol–water partition coefficient (Wildman–Crippen LogP) is 6.20. The number of hydrogen-bond acceptors (Lipinski definition) is 4. The third-order valence-corrected chi connectivity index (χ3v) is 4.78. The van der Waals surface area contributed by atoms with Crippen molar-refractivity contribution < 1.29 is 4.74 Å². The van der Waals surface area contributed by atoms with Crippen LogP contribution < -0.4 is 9.64 Å². The number of pyridine rings is 1. The van der Waals surface area contributed by atoms with Crippen LogP contribution in [0.5, 0.6) is 11.5 Å². The average Bonchev–Trinajstić information content (AvgIpc) is 2.77. The van der Waals surface area contributed by atoms with E-state index in [-0.39, 0.29) is 0 Å². The van der Waals surface area contributed by atoms with E-state index in [0.29, 0.717) is 5.69 Å². The third-order valence-electron chi connectivity index (χ3n) is 4.78. The molecule has 1 aliphatic rings. The first-order valence-electron chi connectivity index (χ1n) is 8.97. The Hall–Kier alpha value is -4.10. The van der Waals surface area contributed by atoms with Crippen LogP contribution in [0.15, 0.2) is 91.1 Å². The molecule has 0 saturated carbocycles. The summed E-state index contributed by atoms with van der Waals surface area (Å²) in [7, 11) is 0. The molecule has 28 heavy (non-hydrogen) atoms. The molecule has 4 aromatic rings. The van der Waals surface area contributed by atoms with Gasteiger partial charge in [-0.1, -0.05) is 42.5 Å². The summed E-state index contributed by atoms with van der Waals surface area (Å²) in [6.07, 6.45) is 1.64. The molecule has 5 rings (SSSR count). The van der Waals surface area contributed by atoms with Crippen molar-refractivity contribution >= 4 is 17.1 Å². The highest BCUT2D eigenvalue weighted by Gasteiger charge is 2.27. The lowest BCUT2D eigenvalue weighted by atomic mass is 10.00. The van der Waals surface area contributed by atoms with Crippen LogP contribution in [0.2, 0.25) is 0 Å². The summed E-state index contributed by atoms with van der Waals surface area (Å²) in [6, 6.07) is 30.0. The lowest BCUT2D eigenvalue weighted by Crippen LogP contribution is -2.16. The Balaban J connectivity index is 1.79. The smallest absolute Gasteiger partial charge is 0.151 e. The summed E-state index contributed by atoms with van der Waals surface area (Å²) < 4.78 is 6.11. The predicted molar refractivity (Wildman–Crippen MR) is 109 cm³/mol. The van der Waals surface area contributed by atoms with E-state index in [0.717, 1.165) is 39.7 Å². The number of rotatable bonds is 2. The van der Waals surface area contributed by atoms with E-state index >= 15 is 0 Å². The molecule has 0 spiro atoms. The maximum atomic E-state index is 9.55. The van der Waals surface area contributed by atoms with Crippen molar-refractivity contribution in [1.82, 2.24) is 4.98 Å². The number of fused-ring (bicyclic) bond motifs is 2. The van der Waals surface area contributed by atoms with Gasteiger partial charge in [-0.25, -0.2) is 4.98 Å². The summed E-state index contributed by atoms with van der Waals surface area (Å²) in [5, 5.41) is 9.55. The van der Waals surface area contributed by atoms with Gasteiger partial charge in [0.2, 0.25) is 0 Å². The molecule has 0 saturated heterocycles. The summed E-state index contributed by atoms with van der Waals surface area (Å²) >= 11 is 0. The van der Waals surface area contributed by atoms with Crippen LogP contribution in [0.3, 0.4) is 0 Å². The fraction of sp³-hybridized carbons (Fsp3) is 0. The molecule has 3 aromatic carbocycles. The molecule has 4 heteroatoms. The zero-order valence-electron chi connectivity index (χ0n) is 14.9. The first-order chi connectivity index (χ1) is 13.9. The minimum atomic E-state index is 0.407. The quantitative estimate of drug-likeness (QED) is 0.376. The summed E-state index contributed by atoms with van der Waals surface area (Å²) in [4.78, 5) is 6.42. The summed E-state index contributed by atoms with van der Waals surface area (Å²) in [5.74, 6) is 1.59. The Morgan fingerprint density at radius 2 is 1.25 bits per heavy atom. The van der Waals surface area contributed by atoms with E-state index in [1.54, 1.807) is 6.20 Å². The maximum absolute atomic E-state index is 9.55. The molecule has 4 nitrogen and oxygen atoms in total. The Kier molecular flexibility index (Phi) is 3.78. The van der Waals surface area contributed by atoms with E-state index < -0.39 is 0 Å². The zero-order chi connectivity index (χ0) is 18.9. The highest BCUT2D eigenvalue weighted by molar-refractivity contribution is 5.93. The molecule has 0 amide bonds. The average molecular weight is 361 g/mol. The molecule has 0 radical (unpaired) electrons. The molecule has 1 aliphatic heterocycles. The molecule has 0 bridgehead atoms. The van der Waals surface area contributed by atoms with Crippen LogP contribution in [0, 0.1) is 11.3 Å². The number of hydrogen-bond donors (Lipinski definition) is 0. The van der Waals surface area contributed by atoms with Crippen molar-refractivity contribution in [2.75, 3.05) is 4.90 Å².